The van der Waals surface area contributed by atoms with Gasteiger partial charge in [0.2, 0.25) is 0 Å². The summed E-state index contributed by atoms with van der Waals surface area (Å²) in [5.41, 5.74) is 1.32. The molecule has 0 radical (unpaired) electrons. The maximum Gasteiger partial charge on any atom is 0.0305 e. The van der Waals surface area contributed by atoms with Crippen LogP contribution in [-0.4, -0.2) is 0 Å². The highest BCUT2D eigenvalue weighted by molar-refractivity contribution is 9.10. The molecule has 0 aliphatic carbocycles. The van der Waals surface area contributed by atoms with Gasteiger partial charge in [-0.15, -0.1) is 11.3 Å². The summed E-state index contributed by atoms with van der Waals surface area (Å²) in [6.45, 7) is 5.35. The summed E-state index contributed by atoms with van der Waals surface area (Å²) in [6.07, 6.45) is 1.13. The summed E-state index contributed by atoms with van der Waals surface area (Å²) in [4.78, 5) is 2.87. The smallest absolute Gasteiger partial charge is 0.0305 e. The molecule has 2 aromatic rings. The van der Waals surface area contributed by atoms with Gasteiger partial charge in [-0.2, -0.15) is 0 Å². The van der Waals surface area contributed by atoms with Crippen molar-refractivity contribution in [3.05, 3.63) is 56.2 Å². The zero-order valence-electron chi connectivity index (χ0n) is 10.7. The Morgan fingerprint density at radius 2 is 2.00 bits per heavy atom. The maximum atomic E-state index is 3.57. The van der Waals surface area contributed by atoms with Gasteiger partial charge in [0.1, 0.15) is 0 Å². The van der Waals surface area contributed by atoms with E-state index in [1.54, 1.807) is 0 Å². The first-order valence-corrected chi connectivity index (χ1v) is 7.86. The third-order valence-corrected chi connectivity index (χ3v) is 4.72. The normalized spacial score (nSPS) is 12.6. The van der Waals surface area contributed by atoms with Crippen molar-refractivity contribution in [2.75, 3.05) is 0 Å². The topological polar surface area (TPSA) is 12.0 Å². The number of nitrogens with one attached hydrogen (secondary N) is 1. The molecule has 0 aliphatic heterocycles. The molecule has 0 unspecified atom stereocenters. The minimum atomic E-state index is 0.370. The van der Waals surface area contributed by atoms with Crippen LogP contribution in [0.3, 0.4) is 0 Å². The number of thiophene rings is 1. The number of hydrogen-bond acceptors (Lipinski definition) is 2. The van der Waals surface area contributed by atoms with Crippen LogP contribution in [0.2, 0.25) is 0 Å². The Morgan fingerprint density at radius 1 is 1.22 bits per heavy atom. The van der Waals surface area contributed by atoms with E-state index >= 15 is 0 Å². The van der Waals surface area contributed by atoms with E-state index in [0.717, 1.165) is 17.4 Å². The van der Waals surface area contributed by atoms with E-state index in [9.17, 15) is 0 Å². The van der Waals surface area contributed by atoms with Gasteiger partial charge < -0.3 is 5.32 Å². The molecule has 1 atom stereocenters. The lowest BCUT2D eigenvalue weighted by atomic mass is 10.1. The van der Waals surface area contributed by atoms with Crippen molar-refractivity contribution < 1.29 is 0 Å². The highest BCUT2D eigenvalue weighted by atomic mass is 79.9. The second-order valence-corrected chi connectivity index (χ2v) is 6.55. The Labute approximate surface area is 121 Å². The van der Waals surface area contributed by atoms with E-state index in [2.05, 4.69) is 71.5 Å². The Kier molecular flexibility index (Phi) is 4.98. The van der Waals surface area contributed by atoms with Crippen LogP contribution < -0.4 is 5.32 Å². The number of rotatable bonds is 5. The Bertz CT molecular complexity index is 507. The van der Waals surface area contributed by atoms with Gasteiger partial charge in [0.05, 0.1) is 0 Å². The number of halogens is 1. The molecular weight excluding hydrogens is 306 g/mol. The number of hydrogen-bond donors (Lipinski definition) is 1. The zero-order chi connectivity index (χ0) is 13.0. The van der Waals surface area contributed by atoms with E-state index < -0.39 is 0 Å². The first kappa shape index (κ1) is 13.8. The molecule has 1 aromatic carbocycles. The predicted octanol–water partition coefficient (Wildman–Crippen LogP) is 4.92. The molecule has 0 bridgehead atoms. The minimum absolute atomic E-state index is 0.370. The molecule has 1 heterocycles. The van der Waals surface area contributed by atoms with E-state index in [0.29, 0.717) is 6.04 Å². The Morgan fingerprint density at radius 3 is 2.67 bits per heavy atom. The van der Waals surface area contributed by atoms with Crippen molar-refractivity contribution in [3.63, 3.8) is 0 Å². The molecule has 1 aromatic heterocycles. The molecule has 18 heavy (non-hydrogen) atoms. The molecule has 0 saturated heterocycles. The van der Waals surface area contributed by atoms with Gasteiger partial charge in [-0.1, -0.05) is 35.0 Å². The van der Waals surface area contributed by atoms with Gasteiger partial charge in [0.25, 0.3) is 0 Å². The van der Waals surface area contributed by atoms with Crippen molar-refractivity contribution in [2.45, 2.75) is 32.9 Å². The summed E-state index contributed by atoms with van der Waals surface area (Å²) in [5, 5.41) is 3.57. The van der Waals surface area contributed by atoms with Crippen LogP contribution in [0.5, 0.6) is 0 Å². The third-order valence-electron chi connectivity index (χ3n) is 3.00. The van der Waals surface area contributed by atoms with E-state index in [1.165, 1.54) is 15.3 Å². The van der Waals surface area contributed by atoms with Gasteiger partial charge >= 0.3 is 0 Å². The van der Waals surface area contributed by atoms with Crippen LogP contribution in [0, 0.1) is 0 Å². The van der Waals surface area contributed by atoms with Crippen LogP contribution in [0.4, 0.5) is 0 Å². The Balaban J connectivity index is 1.93. The maximum absolute atomic E-state index is 3.57. The molecule has 0 spiro atoms. The fourth-order valence-electron chi connectivity index (χ4n) is 1.85. The van der Waals surface area contributed by atoms with E-state index in [4.69, 9.17) is 0 Å². The Hall–Kier alpha value is -0.640. The molecule has 2 rings (SSSR count). The average Bonchev–Trinajstić information content (AvgIpc) is 2.84. The summed E-state index contributed by atoms with van der Waals surface area (Å²) < 4.78 is 1.14. The average molecular weight is 324 g/mol. The number of aryl methyl sites for hydroxylation is 1. The molecule has 0 fully saturated rings. The first-order valence-electron chi connectivity index (χ1n) is 6.25. The van der Waals surface area contributed by atoms with Gasteiger partial charge in [-0.05, 0) is 43.2 Å². The van der Waals surface area contributed by atoms with Crippen molar-refractivity contribution >= 4 is 27.3 Å². The lowest BCUT2D eigenvalue weighted by Crippen LogP contribution is -2.17. The molecular formula is C15H18BrNS. The lowest BCUT2D eigenvalue weighted by Gasteiger charge is -2.13. The fraction of sp³-hybridized carbons (Fsp3) is 0.333. The van der Waals surface area contributed by atoms with E-state index in [-0.39, 0.29) is 0 Å². The zero-order valence-corrected chi connectivity index (χ0v) is 13.1. The molecule has 0 saturated carbocycles. The molecule has 0 aliphatic rings. The van der Waals surface area contributed by atoms with Gasteiger partial charge in [0.15, 0.2) is 0 Å². The monoisotopic (exact) mass is 323 g/mol. The van der Waals surface area contributed by atoms with Crippen molar-refractivity contribution in [1.82, 2.24) is 5.32 Å². The van der Waals surface area contributed by atoms with Crippen molar-refractivity contribution in [3.8, 4) is 0 Å². The highest BCUT2D eigenvalue weighted by Crippen LogP contribution is 2.20. The number of benzene rings is 1. The van der Waals surface area contributed by atoms with Gasteiger partial charge in [-0.25, -0.2) is 0 Å². The van der Waals surface area contributed by atoms with Crippen LogP contribution in [-0.2, 0) is 13.0 Å². The van der Waals surface area contributed by atoms with Crippen LogP contribution in [0.15, 0.2) is 40.9 Å². The second-order valence-electron chi connectivity index (χ2n) is 4.38. The quantitative estimate of drug-likeness (QED) is 0.823. The molecule has 96 valence electrons. The standard InChI is InChI=1S/C15H18BrNS/c1-3-14-7-8-15(18-14)10-17-11(2)12-5-4-6-13(16)9-12/h4-9,11,17H,3,10H2,1-2H3/t11-/m0/s1. The molecule has 1 nitrogen and oxygen atoms in total. The van der Waals surface area contributed by atoms with Crippen molar-refractivity contribution in [1.29, 1.82) is 0 Å². The third kappa shape index (κ3) is 3.67. The first-order chi connectivity index (χ1) is 8.69. The fourth-order valence-corrected chi connectivity index (χ4v) is 3.18. The van der Waals surface area contributed by atoms with E-state index in [1.807, 2.05) is 11.3 Å². The van der Waals surface area contributed by atoms with Crippen LogP contribution in [0.1, 0.15) is 35.2 Å². The summed E-state index contributed by atoms with van der Waals surface area (Å²) >= 11 is 5.41. The predicted molar refractivity (Wildman–Crippen MR) is 83.1 cm³/mol. The molecule has 1 N–H and O–H groups in total. The SMILES string of the molecule is CCc1ccc(CN[C@@H](C)c2cccc(Br)c2)s1. The van der Waals surface area contributed by atoms with Crippen LogP contribution >= 0.6 is 27.3 Å². The highest BCUT2D eigenvalue weighted by Gasteiger charge is 2.06. The van der Waals surface area contributed by atoms with Crippen molar-refractivity contribution in [2.24, 2.45) is 0 Å². The van der Waals surface area contributed by atoms with Crippen LogP contribution in [0.25, 0.3) is 0 Å². The van der Waals surface area contributed by atoms with Gasteiger partial charge in [0, 0.05) is 26.8 Å². The van der Waals surface area contributed by atoms with Gasteiger partial charge in [-0.3, -0.25) is 0 Å². The summed E-state index contributed by atoms with van der Waals surface area (Å²) in [7, 11) is 0. The summed E-state index contributed by atoms with van der Waals surface area (Å²) in [5.74, 6) is 0. The molecule has 0 amide bonds. The minimum Gasteiger partial charge on any atom is -0.305 e. The largest absolute Gasteiger partial charge is 0.305 e. The molecule has 3 heteroatoms. The summed E-state index contributed by atoms with van der Waals surface area (Å²) in [6, 6.07) is 13.3. The second kappa shape index (κ2) is 6.50. The lowest BCUT2D eigenvalue weighted by molar-refractivity contribution is 0.578.